The largest absolute Gasteiger partial charge is 0.492 e. The Bertz CT molecular complexity index is 884. The van der Waals surface area contributed by atoms with E-state index in [-0.39, 0.29) is 17.9 Å². The number of piperidine rings is 1. The van der Waals surface area contributed by atoms with Crippen LogP contribution in [0.2, 0.25) is 0 Å². The number of carbonyl (C=O) groups is 1. The fourth-order valence-electron chi connectivity index (χ4n) is 4.77. The van der Waals surface area contributed by atoms with Crippen molar-refractivity contribution in [3.8, 4) is 5.75 Å². The fraction of sp³-hybridized carbons (Fsp3) is 0.480. The number of carbonyl (C=O) groups excluding carboxylic acids is 1. The molecule has 0 aliphatic carbocycles. The van der Waals surface area contributed by atoms with Crippen molar-refractivity contribution in [1.82, 2.24) is 9.80 Å². The molecule has 5 heteroatoms. The van der Waals surface area contributed by atoms with Crippen molar-refractivity contribution >= 4 is 5.91 Å². The average Bonchev–Trinajstić information content (AvgIpc) is 2.97. The Labute approximate surface area is 179 Å². The molecule has 2 aliphatic heterocycles. The van der Waals surface area contributed by atoms with Gasteiger partial charge in [0.05, 0.1) is 13.2 Å². The van der Waals surface area contributed by atoms with E-state index in [1.54, 1.807) is 0 Å². The van der Waals surface area contributed by atoms with Gasteiger partial charge in [-0.05, 0) is 43.4 Å². The van der Waals surface area contributed by atoms with Crippen molar-refractivity contribution in [2.45, 2.75) is 32.7 Å². The standard InChI is InChI=1S/C25H32N2O3/c1-20-7-2-3-8-21(20)15-25(19-28)11-6-12-27(18-25)24(29)17-26-13-14-30-23-10-5-4-9-22(23)16-26/h2-5,7-10,28H,6,11-19H2,1H3/t25-/m0/s1. The minimum atomic E-state index is -0.255. The lowest BCUT2D eigenvalue weighted by Crippen LogP contribution is -2.51. The summed E-state index contributed by atoms with van der Waals surface area (Å²) in [6.07, 6.45) is 2.70. The molecule has 0 saturated carbocycles. The van der Waals surface area contributed by atoms with Gasteiger partial charge < -0.3 is 14.7 Å². The Morgan fingerprint density at radius 2 is 1.93 bits per heavy atom. The van der Waals surface area contributed by atoms with Gasteiger partial charge in [0.15, 0.2) is 0 Å². The summed E-state index contributed by atoms with van der Waals surface area (Å²) in [5.41, 5.74) is 3.39. The summed E-state index contributed by atoms with van der Waals surface area (Å²) in [5, 5.41) is 10.3. The number of aliphatic hydroxyl groups is 1. The third-order valence-corrected chi connectivity index (χ3v) is 6.57. The Morgan fingerprint density at radius 3 is 2.77 bits per heavy atom. The number of hydrogen-bond acceptors (Lipinski definition) is 4. The molecule has 160 valence electrons. The van der Waals surface area contributed by atoms with Gasteiger partial charge in [-0.1, -0.05) is 42.5 Å². The first kappa shape index (κ1) is 20.9. The van der Waals surface area contributed by atoms with E-state index in [9.17, 15) is 9.90 Å². The number of aryl methyl sites for hydroxylation is 1. The van der Waals surface area contributed by atoms with Crippen LogP contribution in [0.4, 0.5) is 0 Å². The van der Waals surface area contributed by atoms with E-state index < -0.39 is 0 Å². The van der Waals surface area contributed by atoms with E-state index in [1.807, 2.05) is 29.2 Å². The van der Waals surface area contributed by atoms with Crippen molar-refractivity contribution in [3.05, 3.63) is 65.2 Å². The molecule has 0 spiro atoms. The van der Waals surface area contributed by atoms with E-state index in [0.29, 0.717) is 19.7 Å². The first-order valence-electron chi connectivity index (χ1n) is 10.9. The third kappa shape index (κ3) is 4.68. The van der Waals surface area contributed by atoms with Crippen molar-refractivity contribution in [2.75, 3.05) is 39.4 Å². The summed E-state index contributed by atoms with van der Waals surface area (Å²) >= 11 is 0. The molecule has 30 heavy (non-hydrogen) atoms. The van der Waals surface area contributed by atoms with Gasteiger partial charge in [0.25, 0.3) is 0 Å². The number of rotatable bonds is 5. The van der Waals surface area contributed by atoms with Crippen LogP contribution in [-0.4, -0.2) is 60.2 Å². The summed E-state index contributed by atoms with van der Waals surface area (Å²) < 4.78 is 5.83. The number of amides is 1. The van der Waals surface area contributed by atoms with Gasteiger partial charge in [0.1, 0.15) is 12.4 Å². The van der Waals surface area contributed by atoms with Gasteiger partial charge in [-0.25, -0.2) is 0 Å². The molecular formula is C25H32N2O3. The van der Waals surface area contributed by atoms with E-state index in [0.717, 1.165) is 50.2 Å². The van der Waals surface area contributed by atoms with Crippen LogP contribution in [0.1, 0.15) is 29.5 Å². The molecule has 1 N–H and O–H groups in total. The molecule has 2 aromatic rings. The lowest BCUT2D eigenvalue weighted by atomic mass is 9.75. The molecule has 4 rings (SSSR count). The van der Waals surface area contributed by atoms with Crippen LogP contribution in [0.3, 0.4) is 0 Å². The minimum Gasteiger partial charge on any atom is -0.492 e. The Hall–Kier alpha value is -2.37. The summed E-state index contributed by atoms with van der Waals surface area (Å²) in [7, 11) is 0. The zero-order chi connectivity index (χ0) is 21.0. The molecule has 1 atom stereocenters. The van der Waals surface area contributed by atoms with Crippen LogP contribution < -0.4 is 4.74 Å². The van der Waals surface area contributed by atoms with Gasteiger partial charge in [0.2, 0.25) is 5.91 Å². The highest BCUT2D eigenvalue weighted by Crippen LogP contribution is 2.34. The number of fused-ring (bicyclic) bond motifs is 1. The first-order valence-corrected chi connectivity index (χ1v) is 10.9. The van der Waals surface area contributed by atoms with Gasteiger partial charge in [0, 0.05) is 37.2 Å². The molecule has 1 saturated heterocycles. The third-order valence-electron chi connectivity index (χ3n) is 6.57. The second-order valence-electron chi connectivity index (χ2n) is 8.85. The minimum absolute atomic E-state index is 0.107. The van der Waals surface area contributed by atoms with E-state index >= 15 is 0 Å². The molecule has 5 nitrogen and oxygen atoms in total. The smallest absolute Gasteiger partial charge is 0.236 e. The van der Waals surface area contributed by atoms with Gasteiger partial charge >= 0.3 is 0 Å². The summed E-state index contributed by atoms with van der Waals surface area (Å²) in [5.74, 6) is 1.07. The van der Waals surface area contributed by atoms with Crippen molar-refractivity contribution in [1.29, 1.82) is 0 Å². The van der Waals surface area contributed by atoms with Gasteiger partial charge in [-0.2, -0.15) is 0 Å². The highest BCUT2D eigenvalue weighted by atomic mass is 16.5. The van der Waals surface area contributed by atoms with Crippen LogP contribution in [0, 0.1) is 12.3 Å². The molecule has 2 aliphatic rings. The van der Waals surface area contributed by atoms with Gasteiger partial charge in [-0.3, -0.25) is 9.69 Å². The topological polar surface area (TPSA) is 53.0 Å². The van der Waals surface area contributed by atoms with E-state index in [1.165, 1.54) is 11.1 Å². The first-order chi connectivity index (χ1) is 14.6. The monoisotopic (exact) mass is 408 g/mol. The highest BCUT2D eigenvalue weighted by Gasteiger charge is 2.37. The summed E-state index contributed by atoms with van der Waals surface area (Å²) in [4.78, 5) is 17.3. The quantitative estimate of drug-likeness (QED) is 0.826. The van der Waals surface area contributed by atoms with Crippen molar-refractivity contribution < 1.29 is 14.6 Å². The number of nitrogens with zero attached hydrogens (tertiary/aromatic N) is 2. The number of benzene rings is 2. The summed E-state index contributed by atoms with van der Waals surface area (Å²) in [6, 6.07) is 16.4. The number of ether oxygens (including phenoxy) is 1. The van der Waals surface area contributed by atoms with Crippen molar-refractivity contribution in [3.63, 3.8) is 0 Å². The maximum absolute atomic E-state index is 13.2. The van der Waals surface area contributed by atoms with Crippen LogP contribution in [0.5, 0.6) is 5.75 Å². The lowest BCUT2D eigenvalue weighted by Gasteiger charge is -2.42. The van der Waals surface area contributed by atoms with Crippen molar-refractivity contribution in [2.24, 2.45) is 5.41 Å². The van der Waals surface area contributed by atoms with Crippen LogP contribution in [0.25, 0.3) is 0 Å². The van der Waals surface area contributed by atoms with E-state index in [2.05, 4.69) is 36.1 Å². The molecule has 0 aromatic heterocycles. The Balaban J connectivity index is 1.42. The van der Waals surface area contributed by atoms with Gasteiger partial charge in [-0.15, -0.1) is 0 Å². The molecule has 2 heterocycles. The molecule has 1 fully saturated rings. The Morgan fingerprint density at radius 1 is 1.13 bits per heavy atom. The fourth-order valence-corrected chi connectivity index (χ4v) is 4.77. The van der Waals surface area contributed by atoms with Crippen LogP contribution in [-0.2, 0) is 17.8 Å². The Kier molecular flexibility index (Phi) is 6.40. The normalized spacial score (nSPS) is 22.1. The predicted molar refractivity (Wildman–Crippen MR) is 117 cm³/mol. The number of para-hydroxylation sites is 1. The zero-order valence-electron chi connectivity index (χ0n) is 17.8. The molecule has 0 radical (unpaired) electrons. The predicted octanol–water partition coefficient (Wildman–Crippen LogP) is 3.03. The average molecular weight is 409 g/mol. The molecule has 0 bridgehead atoms. The van der Waals surface area contributed by atoms with E-state index in [4.69, 9.17) is 4.74 Å². The molecular weight excluding hydrogens is 376 g/mol. The second-order valence-corrected chi connectivity index (χ2v) is 8.85. The lowest BCUT2D eigenvalue weighted by molar-refractivity contribution is -0.137. The summed E-state index contributed by atoms with van der Waals surface area (Å²) in [6.45, 7) is 6.07. The SMILES string of the molecule is Cc1ccccc1C[C@@]1(CO)CCCN(C(=O)CN2CCOc3ccccc3C2)C1. The van der Waals surface area contributed by atoms with Crippen LogP contribution >= 0.6 is 0 Å². The number of likely N-dealkylation sites (tertiary alicyclic amines) is 1. The zero-order valence-corrected chi connectivity index (χ0v) is 17.8. The highest BCUT2D eigenvalue weighted by molar-refractivity contribution is 5.78. The molecule has 2 aromatic carbocycles. The number of hydrogen-bond donors (Lipinski definition) is 1. The van der Waals surface area contributed by atoms with Crippen LogP contribution in [0.15, 0.2) is 48.5 Å². The maximum Gasteiger partial charge on any atom is 0.236 e. The maximum atomic E-state index is 13.2. The molecule has 1 amide bonds. The number of aliphatic hydroxyl groups excluding tert-OH is 1. The molecule has 0 unspecified atom stereocenters. The second kappa shape index (κ2) is 9.19.